The SMILES string of the molecule is CN(CC1CCN(c2nc3ccccc3s2)CC1)C(=O)OC(C)(C)C. The highest BCUT2D eigenvalue weighted by Crippen LogP contribution is 2.31. The van der Waals surface area contributed by atoms with Gasteiger partial charge in [-0.15, -0.1) is 0 Å². The Hall–Kier alpha value is -1.82. The molecule has 1 fully saturated rings. The molecule has 1 amide bonds. The molecule has 0 bridgehead atoms. The first-order valence-corrected chi connectivity index (χ1v) is 9.68. The Balaban J connectivity index is 1.52. The van der Waals surface area contributed by atoms with Crippen molar-refractivity contribution >= 4 is 32.8 Å². The number of hydrogen-bond donors (Lipinski definition) is 0. The summed E-state index contributed by atoms with van der Waals surface area (Å²) in [6.07, 6.45) is 1.91. The molecule has 5 nitrogen and oxygen atoms in total. The van der Waals surface area contributed by atoms with Gasteiger partial charge < -0.3 is 14.5 Å². The lowest BCUT2D eigenvalue weighted by atomic mass is 9.97. The molecule has 0 N–H and O–H groups in total. The summed E-state index contributed by atoms with van der Waals surface area (Å²) in [4.78, 5) is 20.9. The highest BCUT2D eigenvalue weighted by molar-refractivity contribution is 7.22. The molecule has 3 rings (SSSR count). The Labute approximate surface area is 153 Å². The van der Waals surface area contributed by atoms with Crippen LogP contribution >= 0.6 is 11.3 Å². The van der Waals surface area contributed by atoms with Crippen molar-refractivity contribution in [1.29, 1.82) is 0 Å². The maximum absolute atomic E-state index is 12.1. The molecule has 1 aromatic carbocycles. The molecule has 6 heteroatoms. The third-order valence-electron chi connectivity index (χ3n) is 4.40. The number of aromatic nitrogens is 1. The van der Waals surface area contributed by atoms with Crippen LogP contribution in [-0.4, -0.2) is 48.3 Å². The fraction of sp³-hybridized carbons (Fsp3) is 0.579. The number of fused-ring (bicyclic) bond motifs is 1. The lowest BCUT2D eigenvalue weighted by Crippen LogP contribution is -2.41. The second-order valence-electron chi connectivity index (χ2n) is 7.76. The Kier molecular flexibility index (Phi) is 5.18. The van der Waals surface area contributed by atoms with Crippen LogP contribution in [0.3, 0.4) is 0 Å². The minimum atomic E-state index is -0.443. The number of carbonyl (C=O) groups is 1. The third kappa shape index (κ3) is 4.63. The molecular weight excluding hydrogens is 334 g/mol. The molecule has 0 unspecified atom stereocenters. The monoisotopic (exact) mass is 361 g/mol. The molecule has 1 aromatic heterocycles. The van der Waals surface area contributed by atoms with Gasteiger partial charge in [0.15, 0.2) is 5.13 Å². The number of carbonyl (C=O) groups excluding carboxylic acids is 1. The van der Waals surface area contributed by atoms with E-state index in [0.29, 0.717) is 5.92 Å². The average molecular weight is 362 g/mol. The first kappa shape index (κ1) is 18.0. The molecule has 0 atom stereocenters. The summed E-state index contributed by atoms with van der Waals surface area (Å²) < 4.78 is 6.67. The van der Waals surface area contributed by atoms with E-state index in [-0.39, 0.29) is 6.09 Å². The van der Waals surface area contributed by atoms with E-state index in [1.165, 1.54) is 4.70 Å². The number of benzene rings is 1. The molecule has 1 aliphatic rings. The molecule has 0 spiro atoms. The fourth-order valence-electron chi connectivity index (χ4n) is 3.10. The zero-order valence-corrected chi connectivity index (χ0v) is 16.3. The van der Waals surface area contributed by atoms with Gasteiger partial charge in [-0.05, 0) is 51.7 Å². The van der Waals surface area contributed by atoms with E-state index in [2.05, 4.69) is 23.1 Å². The van der Waals surface area contributed by atoms with Gasteiger partial charge in [-0.25, -0.2) is 9.78 Å². The largest absolute Gasteiger partial charge is 0.444 e. The van der Waals surface area contributed by atoms with E-state index in [1.807, 2.05) is 33.9 Å². The fourth-order valence-corrected chi connectivity index (χ4v) is 4.12. The van der Waals surface area contributed by atoms with Gasteiger partial charge in [0.1, 0.15) is 5.60 Å². The van der Waals surface area contributed by atoms with Crippen LogP contribution in [0.2, 0.25) is 0 Å². The summed E-state index contributed by atoms with van der Waals surface area (Å²) in [6.45, 7) is 8.43. The predicted molar refractivity (Wildman–Crippen MR) is 103 cm³/mol. The lowest BCUT2D eigenvalue weighted by Gasteiger charge is -2.34. The van der Waals surface area contributed by atoms with Crippen LogP contribution in [0, 0.1) is 5.92 Å². The van der Waals surface area contributed by atoms with Crippen LogP contribution in [0.25, 0.3) is 10.2 Å². The summed E-state index contributed by atoms with van der Waals surface area (Å²) in [7, 11) is 1.83. The van der Waals surface area contributed by atoms with Crippen molar-refractivity contribution in [2.24, 2.45) is 5.92 Å². The second kappa shape index (κ2) is 7.20. The molecule has 136 valence electrons. The molecule has 2 aromatic rings. The second-order valence-corrected chi connectivity index (χ2v) is 8.76. The van der Waals surface area contributed by atoms with Crippen LogP contribution in [0.5, 0.6) is 0 Å². The molecular formula is C19H27N3O2S. The van der Waals surface area contributed by atoms with E-state index >= 15 is 0 Å². The number of anilines is 1. The van der Waals surface area contributed by atoms with Crippen LogP contribution in [-0.2, 0) is 4.74 Å². The van der Waals surface area contributed by atoms with Crippen molar-refractivity contribution < 1.29 is 9.53 Å². The van der Waals surface area contributed by atoms with Crippen LogP contribution in [0.15, 0.2) is 24.3 Å². The Morgan fingerprint density at radius 1 is 1.32 bits per heavy atom. The van der Waals surface area contributed by atoms with Gasteiger partial charge >= 0.3 is 6.09 Å². The minimum absolute atomic E-state index is 0.235. The van der Waals surface area contributed by atoms with Crippen LogP contribution < -0.4 is 4.90 Å². The van der Waals surface area contributed by atoms with Gasteiger partial charge in [-0.2, -0.15) is 0 Å². The van der Waals surface area contributed by atoms with Gasteiger partial charge in [0.05, 0.1) is 10.2 Å². The average Bonchev–Trinajstić information content (AvgIpc) is 2.98. The van der Waals surface area contributed by atoms with Crippen molar-refractivity contribution in [3.05, 3.63) is 24.3 Å². The van der Waals surface area contributed by atoms with Crippen molar-refractivity contribution in [2.75, 3.05) is 31.6 Å². The van der Waals surface area contributed by atoms with E-state index < -0.39 is 5.60 Å². The smallest absolute Gasteiger partial charge is 0.410 e. The van der Waals surface area contributed by atoms with Gasteiger partial charge in [0.25, 0.3) is 0 Å². The number of ether oxygens (including phenoxy) is 1. The first-order chi connectivity index (χ1) is 11.8. The lowest BCUT2D eigenvalue weighted by molar-refractivity contribution is 0.0266. The third-order valence-corrected chi connectivity index (χ3v) is 5.50. The summed E-state index contributed by atoms with van der Waals surface area (Å²) in [6, 6.07) is 8.28. The Bertz CT molecular complexity index is 697. The van der Waals surface area contributed by atoms with E-state index in [9.17, 15) is 4.79 Å². The molecule has 1 saturated heterocycles. The number of hydrogen-bond acceptors (Lipinski definition) is 5. The Morgan fingerprint density at radius 2 is 2.00 bits per heavy atom. The molecule has 1 aliphatic heterocycles. The quantitative estimate of drug-likeness (QED) is 0.814. The molecule has 0 radical (unpaired) electrons. The van der Waals surface area contributed by atoms with Gasteiger partial charge in [-0.1, -0.05) is 23.5 Å². The van der Waals surface area contributed by atoms with Gasteiger partial charge in [-0.3, -0.25) is 0 Å². The predicted octanol–water partition coefficient (Wildman–Crippen LogP) is 4.38. The van der Waals surface area contributed by atoms with Crippen LogP contribution in [0.1, 0.15) is 33.6 Å². The number of para-hydroxylation sites is 1. The standard InChI is InChI=1S/C19H27N3O2S/c1-19(2,3)24-18(23)21(4)13-14-9-11-22(12-10-14)17-20-15-7-5-6-8-16(15)25-17/h5-8,14H,9-13H2,1-4H3. The van der Waals surface area contributed by atoms with E-state index in [4.69, 9.17) is 9.72 Å². The molecule has 0 saturated carbocycles. The Morgan fingerprint density at radius 3 is 2.64 bits per heavy atom. The molecule has 2 heterocycles. The summed E-state index contributed by atoms with van der Waals surface area (Å²) in [5, 5.41) is 1.11. The topological polar surface area (TPSA) is 45.7 Å². The molecule has 25 heavy (non-hydrogen) atoms. The van der Waals surface area contributed by atoms with Crippen molar-refractivity contribution in [1.82, 2.24) is 9.88 Å². The summed E-state index contributed by atoms with van der Waals surface area (Å²) in [5.41, 5.74) is 0.635. The zero-order valence-electron chi connectivity index (χ0n) is 15.5. The summed E-state index contributed by atoms with van der Waals surface area (Å²) >= 11 is 1.76. The number of rotatable bonds is 3. The molecule has 0 aliphatic carbocycles. The maximum atomic E-state index is 12.1. The van der Waals surface area contributed by atoms with E-state index in [0.717, 1.165) is 43.1 Å². The van der Waals surface area contributed by atoms with Crippen molar-refractivity contribution in [2.45, 2.75) is 39.2 Å². The highest BCUT2D eigenvalue weighted by Gasteiger charge is 2.26. The van der Waals surface area contributed by atoms with E-state index in [1.54, 1.807) is 16.2 Å². The zero-order chi connectivity index (χ0) is 18.0. The number of thiazole rings is 1. The van der Waals surface area contributed by atoms with Crippen LogP contribution in [0.4, 0.5) is 9.93 Å². The minimum Gasteiger partial charge on any atom is -0.444 e. The van der Waals surface area contributed by atoms with Crippen molar-refractivity contribution in [3.8, 4) is 0 Å². The number of piperidine rings is 1. The highest BCUT2D eigenvalue weighted by atomic mass is 32.1. The summed E-state index contributed by atoms with van der Waals surface area (Å²) in [5.74, 6) is 0.517. The maximum Gasteiger partial charge on any atom is 0.410 e. The van der Waals surface area contributed by atoms with Gasteiger partial charge in [0, 0.05) is 26.7 Å². The normalized spacial score (nSPS) is 16.2. The number of amides is 1. The first-order valence-electron chi connectivity index (χ1n) is 8.86. The van der Waals surface area contributed by atoms with Gasteiger partial charge in [0.2, 0.25) is 0 Å². The number of nitrogens with zero attached hydrogens (tertiary/aromatic N) is 3. The van der Waals surface area contributed by atoms with Crippen molar-refractivity contribution in [3.63, 3.8) is 0 Å².